The van der Waals surface area contributed by atoms with Crippen LogP contribution >= 0.6 is 0 Å². The lowest BCUT2D eigenvalue weighted by atomic mass is 9.44. The molecule has 1 heterocycles. The first kappa shape index (κ1) is 20.7. The Labute approximate surface area is 179 Å². The monoisotopic (exact) mass is 416 g/mol. The van der Waals surface area contributed by atoms with Crippen molar-refractivity contribution >= 4 is 5.78 Å². The summed E-state index contributed by atoms with van der Waals surface area (Å²) < 4.78 is 14.8. The van der Waals surface area contributed by atoms with Gasteiger partial charge in [0.05, 0.1) is 24.7 Å². The molecule has 1 aromatic rings. The second-order valence-electron chi connectivity index (χ2n) is 11.9. The van der Waals surface area contributed by atoms with Crippen LogP contribution in [0.15, 0.2) is 12.5 Å². The van der Waals surface area contributed by atoms with E-state index >= 15 is 0 Å². The fraction of sp³-hybridized carbons (Fsp3) is 0.840. The first-order valence-electron chi connectivity index (χ1n) is 12.0. The van der Waals surface area contributed by atoms with Crippen molar-refractivity contribution < 1.29 is 14.3 Å². The molecule has 4 nitrogen and oxygen atoms in total. The molecule has 5 rings (SSSR count). The summed E-state index contributed by atoms with van der Waals surface area (Å²) in [7, 11) is 0. The van der Waals surface area contributed by atoms with Crippen molar-refractivity contribution in [2.45, 2.75) is 90.7 Å². The zero-order valence-corrected chi connectivity index (χ0v) is 18.7. The minimum atomic E-state index is -0.518. The first-order chi connectivity index (χ1) is 14.1. The van der Waals surface area contributed by atoms with Crippen molar-refractivity contribution in [3.8, 4) is 0 Å². The van der Waals surface area contributed by atoms with Crippen LogP contribution in [0.1, 0.15) is 78.6 Å². The van der Waals surface area contributed by atoms with Crippen LogP contribution in [0.2, 0.25) is 0 Å². The van der Waals surface area contributed by atoms with Gasteiger partial charge in [-0.15, -0.1) is 0 Å². The maximum absolute atomic E-state index is 13.2. The van der Waals surface area contributed by atoms with Crippen LogP contribution in [0.5, 0.6) is 0 Å². The number of hydrogen-bond donors (Lipinski definition) is 1. The summed E-state index contributed by atoms with van der Waals surface area (Å²) in [6.07, 6.45) is 12.8. The number of rotatable bonds is 3. The Morgan fingerprint density at radius 3 is 2.60 bits per heavy atom. The molecule has 4 aliphatic carbocycles. The van der Waals surface area contributed by atoms with Gasteiger partial charge in [-0.2, -0.15) is 4.39 Å². The molecule has 0 amide bonds. The zero-order chi connectivity index (χ0) is 21.3. The van der Waals surface area contributed by atoms with E-state index in [9.17, 15) is 14.3 Å². The molecule has 5 heteroatoms. The van der Waals surface area contributed by atoms with Gasteiger partial charge in [-0.3, -0.25) is 4.79 Å². The predicted octanol–water partition coefficient (Wildman–Crippen LogP) is 5.00. The van der Waals surface area contributed by atoms with Crippen LogP contribution in [0.4, 0.5) is 4.39 Å². The number of fused-ring (bicyclic) bond motifs is 5. The minimum absolute atomic E-state index is 0.0841. The number of carbonyl (C=O) groups is 1. The van der Waals surface area contributed by atoms with E-state index in [0.29, 0.717) is 17.3 Å². The van der Waals surface area contributed by atoms with E-state index in [-0.39, 0.29) is 23.7 Å². The van der Waals surface area contributed by atoms with Gasteiger partial charge < -0.3 is 9.67 Å². The van der Waals surface area contributed by atoms with Gasteiger partial charge in [0.1, 0.15) is 0 Å². The maximum atomic E-state index is 13.2. The van der Waals surface area contributed by atoms with Crippen molar-refractivity contribution in [1.82, 2.24) is 9.55 Å². The lowest BCUT2D eigenvalue weighted by molar-refractivity contribution is -0.151. The molecule has 0 saturated heterocycles. The van der Waals surface area contributed by atoms with Crippen molar-refractivity contribution in [3.63, 3.8) is 0 Å². The molecular weight excluding hydrogens is 379 g/mol. The molecule has 0 aromatic carbocycles. The Balaban J connectivity index is 1.34. The molecule has 30 heavy (non-hydrogen) atoms. The van der Waals surface area contributed by atoms with E-state index in [4.69, 9.17) is 0 Å². The van der Waals surface area contributed by atoms with Gasteiger partial charge in [-0.1, -0.05) is 13.8 Å². The van der Waals surface area contributed by atoms with E-state index in [1.54, 1.807) is 4.57 Å². The third-order valence-electron chi connectivity index (χ3n) is 10.3. The van der Waals surface area contributed by atoms with Gasteiger partial charge in [0.25, 0.3) is 0 Å². The highest BCUT2D eigenvalue weighted by Crippen LogP contribution is 2.68. The Hall–Kier alpha value is -1.23. The molecule has 0 aliphatic heterocycles. The quantitative estimate of drug-likeness (QED) is 0.754. The third-order valence-corrected chi connectivity index (χ3v) is 10.3. The number of aliphatic hydroxyl groups is 1. The van der Waals surface area contributed by atoms with Gasteiger partial charge in [-0.25, -0.2) is 4.98 Å². The van der Waals surface area contributed by atoms with Crippen LogP contribution in [-0.2, 0) is 11.3 Å². The molecule has 4 saturated carbocycles. The molecule has 8 atom stereocenters. The second kappa shape index (κ2) is 6.88. The SMILES string of the molecule is C[C@@]1(O)CC[C@@]2(C)[C@@H](CC[C@@H]3[C@@H]2CC[C@]2(C)[C@@H](C(=O)Cn4cnc(F)c4)CC[C@@H]32)C1. The number of imidazole rings is 1. The van der Waals surface area contributed by atoms with Gasteiger partial charge in [-0.05, 0) is 99.2 Å². The summed E-state index contributed by atoms with van der Waals surface area (Å²) in [5, 5.41) is 10.7. The smallest absolute Gasteiger partial charge is 0.230 e. The Kier molecular flexibility index (Phi) is 4.74. The Morgan fingerprint density at radius 2 is 1.87 bits per heavy atom. The van der Waals surface area contributed by atoms with Gasteiger partial charge in [0, 0.05) is 5.92 Å². The molecule has 0 unspecified atom stereocenters. The lowest BCUT2D eigenvalue weighted by Crippen LogP contribution is -2.55. The maximum Gasteiger partial charge on any atom is 0.230 e. The summed E-state index contributed by atoms with van der Waals surface area (Å²) in [5.41, 5.74) is -0.0541. The van der Waals surface area contributed by atoms with Crippen LogP contribution in [-0.4, -0.2) is 26.0 Å². The number of halogens is 1. The van der Waals surface area contributed by atoms with Crippen molar-refractivity contribution in [3.05, 3.63) is 18.5 Å². The Bertz CT molecular complexity index is 835. The van der Waals surface area contributed by atoms with E-state index < -0.39 is 11.5 Å². The van der Waals surface area contributed by atoms with Crippen LogP contribution < -0.4 is 0 Å². The number of Topliss-reactive ketones (excluding diaryl/α,β-unsaturated/α-hetero) is 1. The third kappa shape index (κ3) is 3.10. The normalized spacial score (nSPS) is 48.0. The van der Waals surface area contributed by atoms with E-state index in [1.807, 2.05) is 6.92 Å². The number of nitrogens with zero attached hydrogens (tertiary/aromatic N) is 2. The van der Waals surface area contributed by atoms with Gasteiger partial charge in [0.2, 0.25) is 5.95 Å². The van der Waals surface area contributed by atoms with Gasteiger partial charge >= 0.3 is 0 Å². The molecule has 4 fully saturated rings. The fourth-order valence-electron chi connectivity index (χ4n) is 8.67. The summed E-state index contributed by atoms with van der Waals surface area (Å²) in [6, 6.07) is 0. The van der Waals surface area contributed by atoms with E-state index in [0.717, 1.165) is 50.4 Å². The molecule has 0 bridgehead atoms. The first-order valence-corrected chi connectivity index (χ1v) is 12.0. The Morgan fingerprint density at radius 1 is 1.10 bits per heavy atom. The van der Waals surface area contributed by atoms with Crippen molar-refractivity contribution in [1.29, 1.82) is 0 Å². The highest BCUT2D eigenvalue weighted by molar-refractivity contribution is 5.82. The zero-order valence-electron chi connectivity index (χ0n) is 18.7. The number of ketones is 1. The summed E-state index contributed by atoms with van der Waals surface area (Å²) in [4.78, 5) is 16.8. The van der Waals surface area contributed by atoms with E-state index in [1.165, 1.54) is 31.8 Å². The number of carbonyl (C=O) groups excluding carboxylic acids is 1. The second-order valence-corrected chi connectivity index (χ2v) is 11.9. The molecule has 0 spiro atoms. The predicted molar refractivity (Wildman–Crippen MR) is 113 cm³/mol. The number of aromatic nitrogens is 2. The van der Waals surface area contributed by atoms with Crippen LogP contribution in [0.25, 0.3) is 0 Å². The topological polar surface area (TPSA) is 55.1 Å². The van der Waals surface area contributed by atoms with Crippen LogP contribution in [0, 0.1) is 46.4 Å². The molecule has 4 aliphatic rings. The van der Waals surface area contributed by atoms with Gasteiger partial charge in [0.15, 0.2) is 5.78 Å². The molecule has 166 valence electrons. The summed E-state index contributed by atoms with van der Waals surface area (Å²) in [6.45, 7) is 7.15. The lowest BCUT2D eigenvalue weighted by Gasteiger charge is -2.61. The molecule has 0 radical (unpaired) electrons. The van der Waals surface area contributed by atoms with Crippen LogP contribution in [0.3, 0.4) is 0 Å². The summed E-state index contributed by atoms with van der Waals surface area (Å²) in [5.74, 6) is 2.55. The largest absolute Gasteiger partial charge is 0.390 e. The highest BCUT2D eigenvalue weighted by Gasteiger charge is 2.61. The van der Waals surface area contributed by atoms with E-state index in [2.05, 4.69) is 18.8 Å². The molecule has 1 aromatic heterocycles. The average Bonchev–Trinajstić information content (AvgIpc) is 3.24. The molecular formula is C25H37FN2O2. The summed E-state index contributed by atoms with van der Waals surface area (Å²) >= 11 is 0. The average molecular weight is 417 g/mol. The standard InChI is InChI=1S/C25H37FN2O2/c1-23(30)10-11-24(2)16(12-23)4-5-17-18-6-7-20(25(18,3)9-8-19(17)24)21(29)13-28-14-22(26)27-15-28/h14-20,30H,4-13H2,1-3H3/t16-,17-,18-,19-,20+,23+,24-,25-/m0/s1. The van der Waals surface area contributed by atoms with Crippen molar-refractivity contribution in [2.75, 3.05) is 0 Å². The fourth-order valence-corrected chi connectivity index (χ4v) is 8.67. The molecule has 1 N–H and O–H groups in total. The minimum Gasteiger partial charge on any atom is -0.390 e. The van der Waals surface area contributed by atoms with Crippen molar-refractivity contribution in [2.24, 2.45) is 40.4 Å². The number of hydrogen-bond acceptors (Lipinski definition) is 3. The highest BCUT2D eigenvalue weighted by atomic mass is 19.1.